The molecule has 2 N–H and O–H groups in total. The number of hydrogen-bond donors (Lipinski definition) is 2. The normalized spacial score (nSPS) is 48.2. The predicted molar refractivity (Wildman–Crippen MR) is 46.8 cm³/mol. The van der Waals surface area contributed by atoms with E-state index in [4.69, 9.17) is 5.11 Å². The number of fused-ring (bicyclic) bond motifs is 1. The molecule has 3 aliphatic rings. The fourth-order valence-corrected chi connectivity index (χ4v) is 3.54. The second-order valence-corrected chi connectivity index (χ2v) is 5.06. The Labute approximate surface area is 73.4 Å². The van der Waals surface area contributed by atoms with Crippen LogP contribution in [-0.4, -0.2) is 24.3 Å². The molecule has 0 aromatic carbocycles. The molecule has 3 rings (SSSR count). The topological polar surface area (TPSA) is 32.3 Å². The first-order valence-corrected chi connectivity index (χ1v) is 5.15. The number of rotatable bonds is 1. The van der Waals surface area contributed by atoms with Gasteiger partial charge in [-0.3, -0.25) is 0 Å². The lowest BCUT2D eigenvalue weighted by Gasteiger charge is -2.30. The van der Waals surface area contributed by atoms with Crippen LogP contribution in [0.25, 0.3) is 0 Å². The average molecular weight is 167 g/mol. The Kier molecular flexibility index (Phi) is 1.25. The van der Waals surface area contributed by atoms with E-state index in [0.29, 0.717) is 18.1 Å². The van der Waals surface area contributed by atoms with Gasteiger partial charge in [-0.2, -0.15) is 0 Å². The lowest BCUT2D eigenvalue weighted by atomic mass is 9.74. The van der Waals surface area contributed by atoms with E-state index < -0.39 is 0 Å². The highest BCUT2D eigenvalue weighted by Crippen LogP contribution is 2.76. The molecule has 0 aromatic heterocycles. The first-order chi connectivity index (χ1) is 5.80. The van der Waals surface area contributed by atoms with Gasteiger partial charge < -0.3 is 10.4 Å². The summed E-state index contributed by atoms with van der Waals surface area (Å²) in [6, 6.07) is 0.407. The standard InChI is InChI=1S/C10H17NO/c12-5-8-4-10(7-11-8)6-9(10)2-1-3-9/h8,11-12H,1-7H2/t8?,10-/m0/s1. The Bertz CT molecular complexity index is 212. The van der Waals surface area contributed by atoms with Crippen LogP contribution in [0.15, 0.2) is 0 Å². The first kappa shape index (κ1) is 7.34. The summed E-state index contributed by atoms with van der Waals surface area (Å²) >= 11 is 0. The van der Waals surface area contributed by atoms with E-state index in [9.17, 15) is 0 Å². The summed E-state index contributed by atoms with van der Waals surface area (Å²) in [5, 5.41) is 12.5. The van der Waals surface area contributed by atoms with Gasteiger partial charge in [-0.1, -0.05) is 6.42 Å². The molecule has 1 heterocycles. The van der Waals surface area contributed by atoms with Crippen LogP contribution in [0.4, 0.5) is 0 Å². The van der Waals surface area contributed by atoms with Crippen LogP contribution in [0.3, 0.4) is 0 Å². The van der Waals surface area contributed by atoms with Crippen molar-refractivity contribution in [3.05, 3.63) is 0 Å². The van der Waals surface area contributed by atoms with Gasteiger partial charge in [-0.25, -0.2) is 0 Å². The molecule has 2 nitrogen and oxygen atoms in total. The Morgan fingerprint density at radius 2 is 2.17 bits per heavy atom. The SMILES string of the molecule is OCC1C[C@@]2(CN1)CC21CCC1. The molecule has 12 heavy (non-hydrogen) atoms. The third kappa shape index (κ3) is 0.686. The zero-order chi connectivity index (χ0) is 8.23. The van der Waals surface area contributed by atoms with E-state index >= 15 is 0 Å². The van der Waals surface area contributed by atoms with Crippen LogP contribution in [0.2, 0.25) is 0 Å². The molecule has 2 saturated carbocycles. The maximum atomic E-state index is 9.02. The predicted octanol–water partition coefficient (Wildman–Crippen LogP) is 0.901. The third-order valence-corrected chi connectivity index (χ3v) is 4.57. The molecule has 2 atom stereocenters. The van der Waals surface area contributed by atoms with Crippen molar-refractivity contribution < 1.29 is 5.11 Å². The van der Waals surface area contributed by atoms with E-state index in [1.165, 1.54) is 38.6 Å². The van der Waals surface area contributed by atoms with E-state index in [2.05, 4.69) is 5.32 Å². The maximum Gasteiger partial charge on any atom is 0.0584 e. The van der Waals surface area contributed by atoms with Crippen LogP contribution in [0, 0.1) is 10.8 Å². The minimum absolute atomic E-state index is 0.331. The van der Waals surface area contributed by atoms with Crippen molar-refractivity contribution in [3.63, 3.8) is 0 Å². The highest BCUT2D eigenvalue weighted by atomic mass is 16.3. The molecule has 3 fully saturated rings. The summed E-state index contributed by atoms with van der Waals surface area (Å²) in [5.74, 6) is 0. The molecule has 68 valence electrons. The van der Waals surface area contributed by atoms with Crippen molar-refractivity contribution >= 4 is 0 Å². The van der Waals surface area contributed by atoms with E-state index in [1.54, 1.807) is 0 Å². The zero-order valence-corrected chi connectivity index (χ0v) is 7.47. The average Bonchev–Trinajstić information content (AvgIpc) is 2.46. The molecule has 0 amide bonds. The third-order valence-electron chi connectivity index (χ3n) is 4.57. The zero-order valence-electron chi connectivity index (χ0n) is 7.47. The molecule has 0 bridgehead atoms. The summed E-state index contributed by atoms with van der Waals surface area (Å²) < 4.78 is 0. The van der Waals surface area contributed by atoms with Crippen molar-refractivity contribution in [1.29, 1.82) is 0 Å². The van der Waals surface area contributed by atoms with Crippen molar-refractivity contribution in [1.82, 2.24) is 5.32 Å². The minimum Gasteiger partial charge on any atom is -0.395 e. The highest BCUT2D eigenvalue weighted by Gasteiger charge is 2.70. The molecule has 1 saturated heterocycles. The summed E-state index contributed by atoms with van der Waals surface area (Å²) in [4.78, 5) is 0. The van der Waals surface area contributed by atoms with Gasteiger partial charge in [0.05, 0.1) is 6.61 Å². The maximum absolute atomic E-state index is 9.02. The van der Waals surface area contributed by atoms with E-state index in [-0.39, 0.29) is 0 Å². The van der Waals surface area contributed by atoms with Crippen LogP contribution < -0.4 is 5.32 Å². The quantitative estimate of drug-likeness (QED) is 0.608. The van der Waals surface area contributed by atoms with Gasteiger partial charge in [0.2, 0.25) is 0 Å². The van der Waals surface area contributed by atoms with Gasteiger partial charge in [0, 0.05) is 12.6 Å². The van der Waals surface area contributed by atoms with Crippen LogP contribution in [-0.2, 0) is 0 Å². The molecule has 0 aromatic rings. The minimum atomic E-state index is 0.331. The van der Waals surface area contributed by atoms with E-state index in [0.717, 1.165) is 5.41 Å². The van der Waals surface area contributed by atoms with Crippen molar-refractivity contribution in [2.75, 3.05) is 13.2 Å². The number of hydrogen-bond acceptors (Lipinski definition) is 2. The molecular weight excluding hydrogens is 150 g/mol. The molecule has 2 aliphatic carbocycles. The molecular formula is C10H17NO. The van der Waals surface area contributed by atoms with Crippen LogP contribution in [0.5, 0.6) is 0 Å². The lowest BCUT2D eigenvalue weighted by Crippen LogP contribution is -2.25. The second kappa shape index (κ2) is 2.05. The van der Waals surface area contributed by atoms with Gasteiger partial charge in [-0.15, -0.1) is 0 Å². The van der Waals surface area contributed by atoms with Gasteiger partial charge in [0.25, 0.3) is 0 Å². The van der Waals surface area contributed by atoms with Gasteiger partial charge in [-0.05, 0) is 36.5 Å². The molecule has 2 spiro atoms. The fourth-order valence-electron chi connectivity index (χ4n) is 3.54. The van der Waals surface area contributed by atoms with Crippen molar-refractivity contribution in [3.8, 4) is 0 Å². The van der Waals surface area contributed by atoms with Crippen LogP contribution in [0.1, 0.15) is 32.1 Å². The largest absolute Gasteiger partial charge is 0.395 e. The highest BCUT2D eigenvalue weighted by molar-refractivity contribution is 5.21. The first-order valence-electron chi connectivity index (χ1n) is 5.15. The lowest BCUT2D eigenvalue weighted by molar-refractivity contribution is 0.201. The summed E-state index contributed by atoms with van der Waals surface area (Å²) in [5.41, 5.74) is 1.39. The second-order valence-electron chi connectivity index (χ2n) is 5.06. The smallest absolute Gasteiger partial charge is 0.0584 e. The van der Waals surface area contributed by atoms with Crippen molar-refractivity contribution in [2.45, 2.75) is 38.1 Å². The Balaban J connectivity index is 1.72. The monoisotopic (exact) mass is 167 g/mol. The fraction of sp³-hybridized carbons (Fsp3) is 1.00. The molecule has 1 aliphatic heterocycles. The Hall–Kier alpha value is -0.0800. The summed E-state index contributed by atoms with van der Waals surface area (Å²) in [7, 11) is 0. The molecule has 2 heteroatoms. The molecule has 1 unspecified atom stereocenters. The Morgan fingerprint density at radius 3 is 2.58 bits per heavy atom. The van der Waals surface area contributed by atoms with Crippen LogP contribution >= 0.6 is 0 Å². The molecule has 0 radical (unpaired) electrons. The van der Waals surface area contributed by atoms with Crippen molar-refractivity contribution in [2.24, 2.45) is 10.8 Å². The van der Waals surface area contributed by atoms with E-state index in [1.807, 2.05) is 0 Å². The van der Waals surface area contributed by atoms with Gasteiger partial charge in [0.15, 0.2) is 0 Å². The number of aliphatic hydroxyl groups excluding tert-OH is 1. The Morgan fingerprint density at radius 1 is 1.33 bits per heavy atom. The summed E-state index contributed by atoms with van der Waals surface area (Å²) in [6.07, 6.45) is 7.07. The number of aliphatic hydroxyl groups is 1. The van der Waals surface area contributed by atoms with Gasteiger partial charge in [0.1, 0.15) is 0 Å². The van der Waals surface area contributed by atoms with Gasteiger partial charge >= 0.3 is 0 Å². The number of nitrogens with one attached hydrogen (secondary N) is 1. The summed E-state index contributed by atoms with van der Waals surface area (Å²) in [6.45, 7) is 1.51.